The van der Waals surface area contributed by atoms with Crippen molar-refractivity contribution < 1.29 is 0 Å². The van der Waals surface area contributed by atoms with E-state index in [-0.39, 0.29) is 5.56 Å². The molecule has 1 saturated heterocycles. The van der Waals surface area contributed by atoms with Crippen molar-refractivity contribution in [3.05, 3.63) is 89.5 Å². The summed E-state index contributed by atoms with van der Waals surface area (Å²) in [6.45, 7) is 5.97. The van der Waals surface area contributed by atoms with Gasteiger partial charge >= 0.3 is 0 Å². The molecule has 0 saturated carbocycles. The maximum atomic E-state index is 12.7. The lowest BCUT2D eigenvalue weighted by atomic mass is 10.0. The van der Waals surface area contributed by atoms with Gasteiger partial charge in [-0.15, -0.1) is 0 Å². The number of piperazine rings is 1. The van der Waals surface area contributed by atoms with Crippen LogP contribution in [0.5, 0.6) is 0 Å². The Morgan fingerprint density at radius 3 is 2.54 bits per heavy atom. The summed E-state index contributed by atoms with van der Waals surface area (Å²) >= 11 is 0. The third kappa shape index (κ3) is 4.64. The van der Waals surface area contributed by atoms with Crippen LogP contribution in [-0.4, -0.2) is 51.1 Å². The maximum absolute atomic E-state index is 12.7. The number of H-pyrrole nitrogens is 1. The quantitative estimate of drug-likeness (QED) is 0.340. The van der Waals surface area contributed by atoms with Crippen LogP contribution in [0.4, 0.5) is 17.3 Å². The summed E-state index contributed by atoms with van der Waals surface area (Å²) in [7, 11) is 0. The highest BCUT2D eigenvalue weighted by Gasteiger charge is 2.14. The molecule has 6 rings (SSSR count). The number of aryl methyl sites for hydroxylation is 1. The molecule has 0 aliphatic carbocycles. The normalized spacial score (nSPS) is 13.6. The van der Waals surface area contributed by atoms with Gasteiger partial charge in [0.05, 0.1) is 11.1 Å². The average Bonchev–Trinajstić information content (AvgIpc) is 2.94. The zero-order valence-corrected chi connectivity index (χ0v) is 20.4. The smallest absolute Gasteiger partial charge is 0.259 e. The van der Waals surface area contributed by atoms with E-state index < -0.39 is 0 Å². The van der Waals surface area contributed by atoms with E-state index in [9.17, 15) is 4.79 Å². The first-order valence-corrected chi connectivity index (χ1v) is 12.2. The molecule has 37 heavy (non-hydrogen) atoms. The molecule has 0 bridgehead atoms. The average molecular weight is 491 g/mol. The Bertz CT molecular complexity index is 1610. The molecule has 0 unspecified atom stereocenters. The van der Waals surface area contributed by atoms with E-state index in [4.69, 9.17) is 9.97 Å². The molecular weight excluding hydrogens is 464 g/mol. The summed E-state index contributed by atoms with van der Waals surface area (Å²) < 4.78 is 0. The molecule has 184 valence electrons. The minimum atomic E-state index is -0.202. The van der Waals surface area contributed by atoms with Crippen molar-refractivity contribution >= 4 is 28.1 Å². The minimum absolute atomic E-state index is 0.202. The Kier molecular flexibility index (Phi) is 6.03. The lowest BCUT2D eigenvalue weighted by Gasteiger charge is -2.28. The van der Waals surface area contributed by atoms with Gasteiger partial charge in [-0.1, -0.05) is 6.07 Å². The fourth-order valence-electron chi connectivity index (χ4n) is 4.71. The van der Waals surface area contributed by atoms with Crippen LogP contribution in [0, 0.1) is 6.92 Å². The Morgan fingerprint density at radius 1 is 0.946 bits per heavy atom. The van der Waals surface area contributed by atoms with E-state index in [2.05, 4.69) is 61.7 Å². The van der Waals surface area contributed by atoms with Crippen molar-refractivity contribution in [1.82, 2.24) is 30.2 Å². The third-order valence-electron chi connectivity index (χ3n) is 6.60. The Hall–Kier alpha value is -4.63. The molecule has 1 aliphatic heterocycles. The highest BCUT2D eigenvalue weighted by Crippen LogP contribution is 2.30. The van der Waals surface area contributed by atoms with Crippen LogP contribution < -0.4 is 21.1 Å². The summed E-state index contributed by atoms with van der Waals surface area (Å²) in [5.41, 5.74) is 5.36. The second-order valence-corrected chi connectivity index (χ2v) is 9.05. The van der Waals surface area contributed by atoms with Crippen molar-refractivity contribution in [2.75, 3.05) is 36.4 Å². The standard InChI is InChI=1S/C28H26N8O/c1-18-12-22(3-4-23(18)20-2-5-25(33-16-20)36-10-8-29-9-11-36)34-27-26-19(6-7-32-28(26)37)13-24(35-27)21-14-30-17-31-15-21/h2-7,12-17,29H,8-11H2,1H3,(H,32,37)(H,34,35). The Morgan fingerprint density at radius 2 is 1.78 bits per heavy atom. The number of anilines is 3. The molecule has 3 N–H and O–H groups in total. The van der Waals surface area contributed by atoms with Crippen LogP contribution in [0.25, 0.3) is 33.2 Å². The van der Waals surface area contributed by atoms with Crippen molar-refractivity contribution in [2.45, 2.75) is 6.92 Å². The number of fused-ring (bicyclic) bond motifs is 1. The largest absolute Gasteiger partial charge is 0.354 e. The van der Waals surface area contributed by atoms with Crippen molar-refractivity contribution in [3.8, 4) is 22.4 Å². The summed E-state index contributed by atoms with van der Waals surface area (Å²) in [5, 5.41) is 8.02. The van der Waals surface area contributed by atoms with Crippen LogP contribution in [0.2, 0.25) is 0 Å². The molecular formula is C28H26N8O. The Balaban J connectivity index is 1.32. The molecule has 5 aromatic rings. The van der Waals surface area contributed by atoms with Crippen LogP contribution in [0.3, 0.4) is 0 Å². The lowest BCUT2D eigenvalue weighted by molar-refractivity contribution is 0.585. The minimum Gasteiger partial charge on any atom is -0.354 e. The summed E-state index contributed by atoms with van der Waals surface area (Å²) in [6.07, 6.45) is 8.47. The highest BCUT2D eigenvalue weighted by molar-refractivity contribution is 5.95. The monoisotopic (exact) mass is 490 g/mol. The van der Waals surface area contributed by atoms with Gasteiger partial charge in [0.15, 0.2) is 0 Å². The molecule has 9 heteroatoms. The van der Waals surface area contributed by atoms with E-state index in [1.165, 1.54) is 6.33 Å². The van der Waals surface area contributed by atoms with Gasteiger partial charge in [-0.05, 0) is 59.8 Å². The summed E-state index contributed by atoms with van der Waals surface area (Å²) in [4.78, 5) is 35.5. The second-order valence-electron chi connectivity index (χ2n) is 9.05. The second kappa shape index (κ2) is 9.79. The molecule has 1 aromatic carbocycles. The first-order valence-electron chi connectivity index (χ1n) is 12.2. The van der Waals surface area contributed by atoms with Gasteiger partial charge in [-0.25, -0.2) is 19.9 Å². The molecule has 1 aliphatic rings. The number of aromatic amines is 1. The van der Waals surface area contributed by atoms with Crippen molar-refractivity contribution in [1.29, 1.82) is 0 Å². The molecule has 4 aromatic heterocycles. The number of benzene rings is 1. The Labute approximate surface area is 213 Å². The predicted molar refractivity (Wildman–Crippen MR) is 146 cm³/mol. The van der Waals surface area contributed by atoms with Gasteiger partial charge in [0.2, 0.25) is 0 Å². The molecule has 0 amide bonds. The maximum Gasteiger partial charge on any atom is 0.259 e. The number of aromatic nitrogens is 5. The predicted octanol–water partition coefficient (Wildman–Crippen LogP) is 3.90. The number of pyridine rings is 3. The van der Waals surface area contributed by atoms with Gasteiger partial charge in [0.1, 0.15) is 18.0 Å². The van der Waals surface area contributed by atoms with Gasteiger partial charge in [-0.3, -0.25) is 4.79 Å². The highest BCUT2D eigenvalue weighted by atomic mass is 16.1. The van der Waals surface area contributed by atoms with E-state index in [1.54, 1.807) is 18.6 Å². The number of rotatable bonds is 5. The SMILES string of the molecule is Cc1cc(Nc2nc(-c3cncnc3)cc3cc[nH]c(=O)c23)ccc1-c1ccc(N2CCNCC2)nc1. The van der Waals surface area contributed by atoms with Gasteiger partial charge in [0.25, 0.3) is 5.56 Å². The van der Waals surface area contributed by atoms with Gasteiger partial charge in [0, 0.05) is 67.8 Å². The van der Waals surface area contributed by atoms with Crippen LogP contribution in [-0.2, 0) is 0 Å². The number of hydrogen-bond acceptors (Lipinski definition) is 8. The van der Waals surface area contributed by atoms with E-state index in [0.717, 1.165) is 65.3 Å². The van der Waals surface area contributed by atoms with Crippen LogP contribution >= 0.6 is 0 Å². The first kappa shape index (κ1) is 22.8. The van der Waals surface area contributed by atoms with E-state index in [1.807, 2.05) is 24.4 Å². The molecule has 0 radical (unpaired) electrons. The van der Waals surface area contributed by atoms with E-state index in [0.29, 0.717) is 16.9 Å². The molecule has 1 fully saturated rings. The molecule has 0 spiro atoms. The summed E-state index contributed by atoms with van der Waals surface area (Å²) in [6, 6.07) is 14.1. The topological polar surface area (TPSA) is 112 Å². The summed E-state index contributed by atoms with van der Waals surface area (Å²) in [5.74, 6) is 1.49. The molecule has 0 atom stereocenters. The number of nitrogens with zero attached hydrogens (tertiary/aromatic N) is 5. The van der Waals surface area contributed by atoms with E-state index >= 15 is 0 Å². The van der Waals surface area contributed by atoms with Crippen molar-refractivity contribution in [3.63, 3.8) is 0 Å². The first-order chi connectivity index (χ1) is 18.2. The fraction of sp³-hybridized carbons (Fsp3) is 0.179. The fourth-order valence-corrected chi connectivity index (χ4v) is 4.71. The zero-order chi connectivity index (χ0) is 25.2. The molecule has 9 nitrogen and oxygen atoms in total. The lowest BCUT2D eigenvalue weighted by Crippen LogP contribution is -2.43. The van der Waals surface area contributed by atoms with Crippen molar-refractivity contribution in [2.24, 2.45) is 0 Å². The van der Waals surface area contributed by atoms with Crippen LogP contribution in [0.15, 0.2) is 78.4 Å². The van der Waals surface area contributed by atoms with Crippen LogP contribution in [0.1, 0.15) is 5.56 Å². The zero-order valence-electron chi connectivity index (χ0n) is 20.4. The molecule has 5 heterocycles. The van der Waals surface area contributed by atoms with Gasteiger partial charge in [-0.2, -0.15) is 0 Å². The third-order valence-corrected chi connectivity index (χ3v) is 6.60. The number of nitrogens with one attached hydrogen (secondary N) is 3. The number of hydrogen-bond donors (Lipinski definition) is 3. The van der Waals surface area contributed by atoms with Gasteiger partial charge < -0.3 is 20.5 Å².